The Morgan fingerprint density at radius 2 is 1.57 bits per heavy atom. The van der Waals surface area contributed by atoms with Crippen LogP contribution in [-0.4, -0.2) is 20.8 Å². The molecule has 5 rings (SSSR count). The van der Waals surface area contributed by atoms with Crippen LogP contribution in [-0.2, 0) is 12.2 Å². The van der Waals surface area contributed by atoms with E-state index in [0.717, 1.165) is 26.6 Å². The topological polar surface area (TPSA) is 71.8 Å². The van der Waals surface area contributed by atoms with Crippen molar-refractivity contribution in [2.24, 2.45) is 0 Å². The van der Waals surface area contributed by atoms with Crippen LogP contribution in [0.25, 0.3) is 5.69 Å². The van der Waals surface area contributed by atoms with Crippen LogP contribution in [0.15, 0.2) is 113 Å². The number of nitrogens with one attached hydrogen (secondary N) is 2. The number of thioether (sulfide) groups is 1. The number of para-hydroxylation sites is 1. The van der Waals surface area contributed by atoms with Crippen LogP contribution >= 0.6 is 27.7 Å². The van der Waals surface area contributed by atoms with Crippen molar-refractivity contribution >= 4 is 39.4 Å². The van der Waals surface area contributed by atoms with E-state index in [2.05, 4.69) is 116 Å². The number of rotatable bonds is 9. The first-order chi connectivity index (χ1) is 19.5. The molecule has 2 amide bonds. The predicted octanol–water partition coefficient (Wildman–Crippen LogP) is 8.04. The normalized spacial score (nSPS) is 11.7. The zero-order valence-corrected chi connectivity index (χ0v) is 24.7. The van der Waals surface area contributed by atoms with E-state index < -0.39 is 6.04 Å². The van der Waals surface area contributed by atoms with E-state index in [1.807, 2.05) is 42.5 Å². The fraction of sp³-hybridized carbons (Fsp3) is 0.156. The molecule has 1 aromatic heterocycles. The molecule has 2 N–H and O–H groups in total. The van der Waals surface area contributed by atoms with Crippen molar-refractivity contribution < 1.29 is 4.79 Å². The molecule has 5 aromatic rings. The Hall–Kier alpha value is -3.88. The predicted molar refractivity (Wildman–Crippen MR) is 166 cm³/mol. The maximum Gasteiger partial charge on any atom is 0.319 e. The Morgan fingerprint density at radius 1 is 0.850 bits per heavy atom. The highest BCUT2D eigenvalue weighted by atomic mass is 79.9. The number of benzene rings is 4. The molecule has 6 nitrogen and oxygen atoms in total. The van der Waals surface area contributed by atoms with Gasteiger partial charge in [0.05, 0.1) is 11.7 Å². The van der Waals surface area contributed by atoms with Crippen molar-refractivity contribution in [3.8, 4) is 5.69 Å². The van der Waals surface area contributed by atoms with Crippen LogP contribution in [0.2, 0.25) is 0 Å². The van der Waals surface area contributed by atoms with E-state index in [0.29, 0.717) is 17.9 Å². The molecule has 40 heavy (non-hydrogen) atoms. The number of aryl methyl sites for hydroxylation is 2. The molecule has 1 heterocycles. The summed E-state index contributed by atoms with van der Waals surface area (Å²) in [5.41, 5.74) is 6.33. The van der Waals surface area contributed by atoms with Gasteiger partial charge in [0.15, 0.2) is 11.0 Å². The Labute approximate surface area is 247 Å². The molecule has 0 saturated heterocycles. The molecule has 0 aliphatic rings. The van der Waals surface area contributed by atoms with Crippen LogP contribution in [0.3, 0.4) is 0 Å². The van der Waals surface area contributed by atoms with Gasteiger partial charge in [-0.05, 0) is 65.2 Å². The molecule has 0 spiro atoms. The summed E-state index contributed by atoms with van der Waals surface area (Å²) in [6.07, 6.45) is 0.552. The van der Waals surface area contributed by atoms with Gasteiger partial charge in [0.2, 0.25) is 0 Å². The summed E-state index contributed by atoms with van der Waals surface area (Å²) in [6.45, 7) is 4.16. The molecule has 8 heteroatoms. The van der Waals surface area contributed by atoms with Gasteiger partial charge in [-0.2, -0.15) is 0 Å². The van der Waals surface area contributed by atoms with E-state index >= 15 is 0 Å². The molecule has 202 valence electrons. The number of urea groups is 1. The molecular weight excluding hydrogens is 582 g/mol. The summed E-state index contributed by atoms with van der Waals surface area (Å²) >= 11 is 5.14. The second kappa shape index (κ2) is 13.0. The van der Waals surface area contributed by atoms with Gasteiger partial charge in [-0.15, -0.1) is 10.2 Å². The second-order valence-electron chi connectivity index (χ2n) is 9.61. The average Bonchev–Trinajstić information content (AvgIpc) is 3.38. The first-order valence-corrected chi connectivity index (χ1v) is 14.8. The minimum absolute atomic E-state index is 0.319. The summed E-state index contributed by atoms with van der Waals surface area (Å²) in [4.78, 5) is 13.3. The van der Waals surface area contributed by atoms with Crippen LogP contribution in [0.1, 0.15) is 34.1 Å². The van der Waals surface area contributed by atoms with E-state index in [9.17, 15) is 4.79 Å². The molecule has 0 radical (unpaired) electrons. The van der Waals surface area contributed by atoms with Crippen molar-refractivity contribution in [2.45, 2.75) is 37.2 Å². The number of hydrogen-bond donors (Lipinski definition) is 2. The summed E-state index contributed by atoms with van der Waals surface area (Å²) in [6, 6.07) is 33.7. The third kappa shape index (κ3) is 7.00. The van der Waals surface area contributed by atoms with Gasteiger partial charge < -0.3 is 10.6 Å². The number of hydrogen-bond acceptors (Lipinski definition) is 4. The van der Waals surface area contributed by atoms with Gasteiger partial charge >= 0.3 is 6.03 Å². The number of amides is 2. The number of carbonyl (C=O) groups is 1. The SMILES string of the molecule is Cc1ccc(-n2c(SCc3cccc(C)c3)nnc2C(Cc2ccccc2)NC(=O)Nc2ccccc2Br)cc1. The van der Waals surface area contributed by atoms with Crippen LogP contribution in [0, 0.1) is 13.8 Å². The summed E-state index contributed by atoms with van der Waals surface area (Å²) in [5, 5.41) is 16.2. The number of nitrogens with zero attached hydrogens (tertiary/aromatic N) is 3. The standard InChI is InChI=1S/C32H30BrN5OS/c1-22-15-17-26(18-16-22)38-30(36-37-32(38)40-21-25-12-8-9-23(2)19-25)29(20-24-10-4-3-5-11-24)35-31(39)34-28-14-7-6-13-27(28)33/h3-19,29H,20-21H2,1-2H3,(H2,34,35,39). The van der Waals surface area contributed by atoms with E-state index in [4.69, 9.17) is 0 Å². The largest absolute Gasteiger partial charge is 0.327 e. The van der Waals surface area contributed by atoms with Crippen LogP contribution in [0.4, 0.5) is 10.5 Å². The number of halogens is 1. The van der Waals surface area contributed by atoms with Crippen molar-refractivity contribution in [1.29, 1.82) is 0 Å². The first-order valence-electron chi connectivity index (χ1n) is 13.0. The van der Waals surface area contributed by atoms with Gasteiger partial charge in [-0.1, -0.05) is 102 Å². The highest BCUT2D eigenvalue weighted by Gasteiger charge is 2.25. The zero-order valence-electron chi connectivity index (χ0n) is 22.3. The van der Waals surface area contributed by atoms with Crippen LogP contribution < -0.4 is 10.6 Å². The van der Waals surface area contributed by atoms with Crippen molar-refractivity contribution in [1.82, 2.24) is 20.1 Å². The lowest BCUT2D eigenvalue weighted by Crippen LogP contribution is -2.35. The summed E-state index contributed by atoms with van der Waals surface area (Å²) in [5.74, 6) is 1.42. The van der Waals surface area contributed by atoms with Crippen LogP contribution in [0.5, 0.6) is 0 Å². The number of anilines is 1. The van der Waals surface area contributed by atoms with E-state index in [1.165, 1.54) is 16.7 Å². The molecular formula is C32H30BrN5OS. The van der Waals surface area contributed by atoms with Gasteiger partial charge in [0.1, 0.15) is 0 Å². The molecule has 4 aromatic carbocycles. The lowest BCUT2D eigenvalue weighted by atomic mass is 10.1. The molecule has 0 saturated carbocycles. The average molecular weight is 613 g/mol. The minimum atomic E-state index is -0.438. The Morgan fingerprint density at radius 3 is 2.33 bits per heavy atom. The third-order valence-corrected chi connectivity index (χ3v) is 8.11. The lowest BCUT2D eigenvalue weighted by molar-refractivity contribution is 0.247. The van der Waals surface area contributed by atoms with Gasteiger partial charge in [0, 0.05) is 22.3 Å². The zero-order chi connectivity index (χ0) is 27.9. The molecule has 0 fully saturated rings. The van der Waals surface area contributed by atoms with Crippen molar-refractivity contribution in [3.63, 3.8) is 0 Å². The first kappa shape index (κ1) is 27.7. The van der Waals surface area contributed by atoms with Gasteiger partial charge in [-0.3, -0.25) is 4.57 Å². The maximum atomic E-state index is 13.3. The highest BCUT2D eigenvalue weighted by Crippen LogP contribution is 2.30. The van der Waals surface area contributed by atoms with E-state index in [1.54, 1.807) is 11.8 Å². The third-order valence-electron chi connectivity index (χ3n) is 6.42. The Kier molecular flexibility index (Phi) is 8.98. The molecule has 1 atom stereocenters. The number of carbonyl (C=O) groups excluding carboxylic acids is 1. The molecule has 1 unspecified atom stereocenters. The fourth-order valence-electron chi connectivity index (χ4n) is 4.42. The fourth-order valence-corrected chi connectivity index (χ4v) is 5.71. The number of aromatic nitrogens is 3. The van der Waals surface area contributed by atoms with E-state index in [-0.39, 0.29) is 6.03 Å². The molecule has 0 bridgehead atoms. The Balaban J connectivity index is 1.50. The summed E-state index contributed by atoms with van der Waals surface area (Å²) < 4.78 is 2.87. The van der Waals surface area contributed by atoms with Crippen molar-refractivity contribution in [3.05, 3.63) is 136 Å². The Bertz CT molecular complexity index is 1590. The minimum Gasteiger partial charge on any atom is -0.327 e. The highest BCUT2D eigenvalue weighted by molar-refractivity contribution is 9.10. The quantitative estimate of drug-likeness (QED) is 0.165. The van der Waals surface area contributed by atoms with Crippen molar-refractivity contribution in [2.75, 3.05) is 5.32 Å². The van der Waals surface area contributed by atoms with Gasteiger partial charge in [-0.25, -0.2) is 4.79 Å². The smallest absolute Gasteiger partial charge is 0.319 e. The molecule has 0 aliphatic carbocycles. The maximum absolute atomic E-state index is 13.3. The summed E-state index contributed by atoms with van der Waals surface area (Å²) in [7, 11) is 0. The van der Waals surface area contributed by atoms with Gasteiger partial charge in [0.25, 0.3) is 0 Å². The second-order valence-corrected chi connectivity index (χ2v) is 11.4. The lowest BCUT2D eigenvalue weighted by Gasteiger charge is -2.21. The monoisotopic (exact) mass is 611 g/mol. The molecule has 0 aliphatic heterocycles.